The summed E-state index contributed by atoms with van der Waals surface area (Å²) < 4.78 is 0. The fraction of sp³-hybridized carbons (Fsp3) is 0.833. The number of amides is 2. The minimum Gasteiger partial charge on any atom is -0.352 e. The molecule has 0 radical (unpaired) electrons. The maximum Gasteiger partial charge on any atom is 0.242 e. The highest BCUT2D eigenvalue weighted by molar-refractivity contribution is 5.89. The number of nitrogens with one attached hydrogen (secondary N) is 2. The Morgan fingerprint density at radius 3 is 2.00 bits per heavy atom. The lowest BCUT2D eigenvalue weighted by Gasteiger charge is -2.20. The van der Waals surface area contributed by atoms with Gasteiger partial charge in [0.1, 0.15) is 6.04 Å². The normalized spacial score (nSPS) is 16.2. The Bertz CT molecular complexity index is 266. The third-order valence-electron chi connectivity index (χ3n) is 2.77. The highest BCUT2D eigenvalue weighted by Crippen LogP contribution is 1.99. The lowest BCUT2D eigenvalue weighted by Crippen LogP contribution is -2.52. The molecule has 0 saturated heterocycles. The number of hydrogen-bond acceptors (Lipinski definition) is 3. The molecule has 0 aromatic rings. The summed E-state index contributed by atoms with van der Waals surface area (Å²) >= 11 is 0. The molecule has 5 heteroatoms. The highest BCUT2D eigenvalue weighted by atomic mass is 16.2. The lowest BCUT2D eigenvalue weighted by atomic mass is 10.0. The van der Waals surface area contributed by atoms with E-state index in [1.54, 1.807) is 6.92 Å². The standard InChI is InChI=1S/C12H25N3O2/c1-6-8(4)14-11(16)9(5)15-12(17)10(13)7(2)3/h7-10H,6,13H2,1-5H3,(H,14,16)(H,15,17)/t8?,9?,10-/m0/s1. The van der Waals surface area contributed by atoms with Crippen LogP contribution < -0.4 is 16.4 Å². The fourth-order valence-corrected chi connectivity index (χ4v) is 1.15. The van der Waals surface area contributed by atoms with Gasteiger partial charge in [0.15, 0.2) is 0 Å². The largest absolute Gasteiger partial charge is 0.352 e. The van der Waals surface area contributed by atoms with Gasteiger partial charge in [-0.1, -0.05) is 20.8 Å². The van der Waals surface area contributed by atoms with Gasteiger partial charge in [-0.3, -0.25) is 9.59 Å². The summed E-state index contributed by atoms with van der Waals surface area (Å²) in [7, 11) is 0. The van der Waals surface area contributed by atoms with E-state index in [2.05, 4.69) is 10.6 Å². The third-order valence-corrected chi connectivity index (χ3v) is 2.77. The van der Waals surface area contributed by atoms with E-state index in [-0.39, 0.29) is 23.8 Å². The van der Waals surface area contributed by atoms with Crippen LogP contribution in [-0.4, -0.2) is 29.9 Å². The Morgan fingerprint density at radius 1 is 1.06 bits per heavy atom. The average molecular weight is 243 g/mol. The van der Waals surface area contributed by atoms with Crippen LogP contribution in [0.2, 0.25) is 0 Å². The van der Waals surface area contributed by atoms with Crippen molar-refractivity contribution >= 4 is 11.8 Å². The monoisotopic (exact) mass is 243 g/mol. The molecule has 100 valence electrons. The van der Waals surface area contributed by atoms with Gasteiger partial charge in [0.05, 0.1) is 6.04 Å². The zero-order chi connectivity index (χ0) is 13.6. The first-order valence-electron chi connectivity index (χ1n) is 6.15. The molecule has 17 heavy (non-hydrogen) atoms. The van der Waals surface area contributed by atoms with Crippen LogP contribution in [0.3, 0.4) is 0 Å². The Labute approximate surface area is 104 Å². The van der Waals surface area contributed by atoms with Gasteiger partial charge in [0.2, 0.25) is 11.8 Å². The first-order chi connectivity index (χ1) is 7.79. The Hall–Kier alpha value is -1.10. The molecule has 2 unspecified atom stereocenters. The average Bonchev–Trinajstić information content (AvgIpc) is 2.27. The van der Waals surface area contributed by atoms with Crippen LogP contribution in [-0.2, 0) is 9.59 Å². The van der Waals surface area contributed by atoms with Crippen LogP contribution in [0.25, 0.3) is 0 Å². The van der Waals surface area contributed by atoms with E-state index in [1.165, 1.54) is 0 Å². The van der Waals surface area contributed by atoms with Crippen molar-refractivity contribution in [3.63, 3.8) is 0 Å². The maximum absolute atomic E-state index is 11.7. The molecule has 0 heterocycles. The molecule has 0 aliphatic heterocycles. The maximum atomic E-state index is 11.7. The zero-order valence-corrected chi connectivity index (χ0v) is 11.4. The van der Waals surface area contributed by atoms with E-state index in [9.17, 15) is 9.59 Å². The smallest absolute Gasteiger partial charge is 0.242 e. The summed E-state index contributed by atoms with van der Waals surface area (Å²) in [5, 5.41) is 5.42. The number of rotatable bonds is 6. The highest BCUT2D eigenvalue weighted by Gasteiger charge is 2.22. The molecule has 0 bridgehead atoms. The van der Waals surface area contributed by atoms with E-state index in [1.807, 2.05) is 27.7 Å². The Balaban J connectivity index is 4.21. The molecule has 2 amide bonds. The summed E-state index contributed by atoms with van der Waals surface area (Å²) in [5.41, 5.74) is 5.69. The van der Waals surface area contributed by atoms with E-state index >= 15 is 0 Å². The molecular formula is C12H25N3O2. The fourth-order valence-electron chi connectivity index (χ4n) is 1.15. The molecule has 0 saturated carbocycles. The van der Waals surface area contributed by atoms with Crippen LogP contribution in [0.5, 0.6) is 0 Å². The molecule has 0 aliphatic rings. The molecular weight excluding hydrogens is 218 g/mol. The van der Waals surface area contributed by atoms with Gasteiger partial charge in [-0.2, -0.15) is 0 Å². The summed E-state index contributed by atoms with van der Waals surface area (Å²) in [6, 6.07) is -1.02. The van der Waals surface area contributed by atoms with E-state index in [0.717, 1.165) is 6.42 Å². The quantitative estimate of drug-likeness (QED) is 0.631. The SMILES string of the molecule is CCC(C)NC(=O)C(C)NC(=O)[C@@H](N)C(C)C. The van der Waals surface area contributed by atoms with Crippen LogP contribution in [0.15, 0.2) is 0 Å². The van der Waals surface area contributed by atoms with Gasteiger partial charge in [0, 0.05) is 6.04 Å². The number of carbonyl (C=O) groups excluding carboxylic acids is 2. The van der Waals surface area contributed by atoms with Gasteiger partial charge in [-0.05, 0) is 26.2 Å². The Morgan fingerprint density at radius 2 is 1.59 bits per heavy atom. The minimum atomic E-state index is -0.575. The molecule has 3 atom stereocenters. The predicted octanol–water partition coefficient (Wildman–Crippen LogP) is 0.389. The molecule has 0 rings (SSSR count). The van der Waals surface area contributed by atoms with Crippen molar-refractivity contribution in [3.05, 3.63) is 0 Å². The second kappa shape index (κ2) is 7.27. The molecule has 5 nitrogen and oxygen atoms in total. The Kier molecular flexibility index (Phi) is 6.80. The molecule has 0 aromatic heterocycles. The van der Waals surface area contributed by atoms with Crippen molar-refractivity contribution in [2.24, 2.45) is 11.7 Å². The summed E-state index contributed by atoms with van der Waals surface area (Å²) in [6.45, 7) is 9.31. The third kappa shape index (κ3) is 5.68. The van der Waals surface area contributed by atoms with E-state index in [0.29, 0.717) is 0 Å². The van der Waals surface area contributed by atoms with E-state index in [4.69, 9.17) is 5.73 Å². The second-order valence-corrected chi connectivity index (χ2v) is 4.82. The number of nitrogens with two attached hydrogens (primary N) is 1. The van der Waals surface area contributed by atoms with Crippen molar-refractivity contribution in [1.82, 2.24) is 10.6 Å². The van der Waals surface area contributed by atoms with E-state index < -0.39 is 12.1 Å². The molecule has 0 spiro atoms. The molecule has 0 fully saturated rings. The van der Waals surface area contributed by atoms with Crippen molar-refractivity contribution in [1.29, 1.82) is 0 Å². The summed E-state index contributed by atoms with van der Waals surface area (Å²) in [6.07, 6.45) is 0.859. The van der Waals surface area contributed by atoms with Gasteiger partial charge >= 0.3 is 0 Å². The predicted molar refractivity (Wildman–Crippen MR) is 68.3 cm³/mol. The van der Waals surface area contributed by atoms with Crippen LogP contribution >= 0.6 is 0 Å². The van der Waals surface area contributed by atoms with Crippen molar-refractivity contribution in [2.45, 2.75) is 59.2 Å². The van der Waals surface area contributed by atoms with Gasteiger partial charge in [-0.15, -0.1) is 0 Å². The second-order valence-electron chi connectivity index (χ2n) is 4.82. The minimum absolute atomic E-state index is 0.0554. The van der Waals surface area contributed by atoms with Crippen LogP contribution in [0.1, 0.15) is 41.0 Å². The number of carbonyl (C=O) groups is 2. The molecule has 4 N–H and O–H groups in total. The lowest BCUT2D eigenvalue weighted by molar-refractivity contribution is -0.130. The van der Waals surface area contributed by atoms with Gasteiger partial charge in [0.25, 0.3) is 0 Å². The first kappa shape index (κ1) is 15.9. The first-order valence-corrected chi connectivity index (χ1v) is 6.15. The van der Waals surface area contributed by atoms with Gasteiger partial charge in [-0.25, -0.2) is 0 Å². The molecule has 0 aromatic carbocycles. The topological polar surface area (TPSA) is 84.2 Å². The van der Waals surface area contributed by atoms with Crippen LogP contribution in [0.4, 0.5) is 0 Å². The van der Waals surface area contributed by atoms with Crippen LogP contribution in [0, 0.1) is 5.92 Å². The van der Waals surface area contributed by atoms with Crippen molar-refractivity contribution in [2.75, 3.05) is 0 Å². The zero-order valence-electron chi connectivity index (χ0n) is 11.4. The summed E-state index contributed by atoms with van der Waals surface area (Å²) in [4.78, 5) is 23.3. The van der Waals surface area contributed by atoms with Gasteiger partial charge < -0.3 is 16.4 Å². The summed E-state index contributed by atoms with van der Waals surface area (Å²) in [5.74, 6) is -0.407. The number of hydrogen-bond donors (Lipinski definition) is 3. The van der Waals surface area contributed by atoms with Crippen molar-refractivity contribution < 1.29 is 9.59 Å². The van der Waals surface area contributed by atoms with Crippen molar-refractivity contribution in [3.8, 4) is 0 Å². The molecule has 0 aliphatic carbocycles.